The number of carbonyl (C=O) groups excluding carboxylic acids is 1. The maximum atomic E-state index is 11.8. The number of amides is 1. The van der Waals surface area contributed by atoms with E-state index in [1.165, 1.54) is 12.1 Å². The third kappa shape index (κ3) is 5.05. The molecule has 1 aromatic carbocycles. The van der Waals surface area contributed by atoms with Crippen molar-refractivity contribution in [3.63, 3.8) is 0 Å². The van der Waals surface area contributed by atoms with Crippen LogP contribution in [0.25, 0.3) is 0 Å². The molecule has 6 nitrogen and oxygen atoms in total. The highest BCUT2D eigenvalue weighted by atomic mass is 16.6. The van der Waals surface area contributed by atoms with Crippen LogP contribution in [0.3, 0.4) is 0 Å². The van der Waals surface area contributed by atoms with Gasteiger partial charge in [-0.1, -0.05) is 12.1 Å². The molecule has 1 rings (SSSR count). The predicted octanol–water partition coefficient (Wildman–Crippen LogP) is 1.55. The lowest BCUT2D eigenvalue weighted by molar-refractivity contribution is -0.384. The summed E-state index contributed by atoms with van der Waals surface area (Å²) in [5, 5.41) is 13.7. The molecule has 1 aromatic rings. The van der Waals surface area contributed by atoms with E-state index in [4.69, 9.17) is 0 Å². The second kappa shape index (κ2) is 7.48. The topological polar surface area (TPSA) is 75.5 Å². The van der Waals surface area contributed by atoms with Crippen LogP contribution in [0.15, 0.2) is 24.3 Å². The van der Waals surface area contributed by atoms with Gasteiger partial charge in [-0.2, -0.15) is 0 Å². The fourth-order valence-corrected chi connectivity index (χ4v) is 1.74. The van der Waals surface area contributed by atoms with Gasteiger partial charge in [-0.05, 0) is 25.6 Å². The molecule has 6 heteroatoms. The molecule has 0 atom stereocenters. The Labute approximate surface area is 112 Å². The zero-order valence-corrected chi connectivity index (χ0v) is 11.3. The van der Waals surface area contributed by atoms with Crippen molar-refractivity contribution in [2.24, 2.45) is 0 Å². The number of benzene rings is 1. The van der Waals surface area contributed by atoms with E-state index in [2.05, 4.69) is 5.32 Å². The maximum Gasteiger partial charge on any atom is 0.269 e. The summed E-state index contributed by atoms with van der Waals surface area (Å²) >= 11 is 0. The molecule has 0 aliphatic heterocycles. The number of nitro groups is 1. The summed E-state index contributed by atoms with van der Waals surface area (Å²) in [6.07, 6.45) is 1.26. The SMILES string of the molecule is CNCCCC(=O)N(C)Cc1cccc([N+](=O)[O-])c1. The van der Waals surface area contributed by atoms with Crippen molar-refractivity contribution in [3.8, 4) is 0 Å². The number of non-ortho nitro benzene ring substituents is 1. The van der Waals surface area contributed by atoms with Crippen molar-refractivity contribution in [2.45, 2.75) is 19.4 Å². The molecule has 0 spiro atoms. The molecule has 104 valence electrons. The van der Waals surface area contributed by atoms with Gasteiger partial charge in [0.25, 0.3) is 5.69 Å². The van der Waals surface area contributed by atoms with Gasteiger partial charge in [0.1, 0.15) is 0 Å². The van der Waals surface area contributed by atoms with Gasteiger partial charge in [0.2, 0.25) is 5.91 Å². The molecule has 0 aromatic heterocycles. The van der Waals surface area contributed by atoms with Crippen LogP contribution in [-0.2, 0) is 11.3 Å². The fraction of sp³-hybridized carbons (Fsp3) is 0.462. The number of hydrogen-bond acceptors (Lipinski definition) is 4. The van der Waals surface area contributed by atoms with E-state index < -0.39 is 4.92 Å². The Kier molecular flexibility index (Phi) is 5.95. The number of hydrogen-bond donors (Lipinski definition) is 1. The molecule has 0 fully saturated rings. The minimum Gasteiger partial charge on any atom is -0.341 e. The summed E-state index contributed by atoms with van der Waals surface area (Å²) in [6, 6.07) is 6.35. The first kappa shape index (κ1) is 15.1. The highest BCUT2D eigenvalue weighted by molar-refractivity contribution is 5.75. The average Bonchev–Trinajstić information content (AvgIpc) is 2.39. The first-order valence-corrected chi connectivity index (χ1v) is 6.16. The van der Waals surface area contributed by atoms with Gasteiger partial charge in [0.05, 0.1) is 4.92 Å². The normalized spacial score (nSPS) is 10.2. The third-order valence-electron chi connectivity index (χ3n) is 2.78. The lowest BCUT2D eigenvalue weighted by Gasteiger charge is -2.17. The Balaban J connectivity index is 2.56. The van der Waals surface area contributed by atoms with Crippen LogP contribution in [0.5, 0.6) is 0 Å². The monoisotopic (exact) mass is 265 g/mol. The molecule has 0 bridgehead atoms. The van der Waals surface area contributed by atoms with E-state index in [0.29, 0.717) is 13.0 Å². The molecule has 0 saturated carbocycles. The molecule has 0 unspecified atom stereocenters. The van der Waals surface area contributed by atoms with E-state index in [1.807, 2.05) is 7.05 Å². The molecule has 1 N–H and O–H groups in total. The second-order valence-electron chi connectivity index (χ2n) is 4.38. The van der Waals surface area contributed by atoms with Crippen molar-refractivity contribution < 1.29 is 9.72 Å². The van der Waals surface area contributed by atoms with E-state index in [9.17, 15) is 14.9 Å². The molecule has 1 amide bonds. The first-order valence-electron chi connectivity index (χ1n) is 6.16. The van der Waals surface area contributed by atoms with Crippen LogP contribution < -0.4 is 5.32 Å². The minimum atomic E-state index is -0.432. The summed E-state index contributed by atoms with van der Waals surface area (Å²) in [7, 11) is 3.55. The third-order valence-corrected chi connectivity index (χ3v) is 2.78. The van der Waals surface area contributed by atoms with Crippen molar-refractivity contribution in [2.75, 3.05) is 20.6 Å². The summed E-state index contributed by atoms with van der Waals surface area (Å²) in [4.78, 5) is 23.6. The Hall–Kier alpha value is -1.95. The predicted molar refractivity (Wildman–Crippen MR) is 72.7 cm³/mol. The van der Waals surface area contributed by atoms with Gasteiger partial charge < -0.3 is 10.2 Å². The highest BCUT2D eigenvalue weighted by Gasteiger charge is 2.11. The summed E-state index contributed by atoms with van der Waals surface area (Å²) in [6.45, 7) is 1.19. The van der Waals surface area contributed by atoms with E-state index in [1.54, 1.807) is 24.1 Å². The quantitative estimate of drug-likeness (QED) is 0.461. The molecule has 0 heterocycles. The minimum absolute atomic E-state index is 0.0433. The van der Waals surface area contributed by atoms with Crippen LogP contribution >= 0.6 is 0 Å². The average molecular weight is 265 g/mol. The van der Waals surface area contributed by atoms with Crippen LogP contribution in [0.4, 0.5) is 5.69 Å². The summed E-state index contributed by atoms with van der Waals surface area (Å²) < 4.78 is 0. The zero-order valence-electron chi connectivity index (χ0n) is 11.3. The molecule has 19 heavy (non-hydrogen) atoms. The van der Waals surface area contributed by atoms with E-state index >= 15 is 0 Å². The van der Waals surface area contributed by atoms with E-state index in [-0.39, 0.29) is 11.6 Å². The van der Waals surface area contributed by atoms with Crippen molar-refractivity contribution in [3.05, 3.63) is 39.9 Å². The lowest BCUT2D eigenvalue weighted by atomic mass is 10.2. The van der Waals surface area contributed by atoms with Gasteiger partial charge >= 0.3 is 0 Å². The standard InChI is InChI=1S/C13H19N3O3/c1-14-8-4-7-13(17)15(2)10-11-5-3-6-12(9-11)16(18)19/h3,5-6,9,14H,4,7-8,10H2,1-2H3. The van der Waals surface area contributed by atoms with Gasteiger partial charge in [0.15, 0.2) is 0 Å². The molecule has 0 saturated heterocycles. The summed E-state index contributed by atoms with van der Waals surface area (Å²) in [5.41, 5.74) is 0.812. The Morgan fingerprint density at radius 3 is 2.84 bits per heavy atom. The Bertz CT molecular complexity index is 449. The van der Waals surface area contributed by atoms with Gasteiger partial charge in [0, 0.05) is 32.1 Å². The largest absolute Gasteiger partial charge is 0.341 e. The molecular weight excluding hydrogens is 246 g/mol. The number of nitrogens with zero attached hydrogens (tertiary/aromatic N) is 2. The van der Waals surface area contributed by atoms with Gasteiger partial charge in [-0.15, -0.1) is 0 Å². The molecule has 0 radical (unpaired) electrons. The van der Waals surface area contributed by atoms with Crippen molar-refractivity contribution >= 4 is 11.6 Å². The van der Waals surface area contributed by atoms with Gasteiger partial charge in [-0.25, -0.2) is 0 Å². The molecule has 0 aliphatic carbocycles. The van der Waals surface area contributed by atoms with E-state index in [0.717, 1.165) is 18.5 Å². The number of nitrogens with one attached hydrogen (secondary N) is 1. The smallest absolute Gasteiger partial charge is 0.269 e. The highest BCUT2D eigenvalue weighted by Crippen LogP contribution is 2.14. The fourth-order valence-electron chi connectivity index (χ4n) is 1.74. The van der Waals surface area contributed by atoms with Crippen LogP contribution in [-0.4, -0.2) is 36.4 Å². The second-order valence-corrected chi connectivity index (χ2v) is 4.38. The van der Waals surface area contributed by atoms with Crippen LogP contribution in [0, 0.1) is 10.1 Å². The van der Waals surface area contributed by atoms with Gasteiger partial charge in [-0.3, -0.25) is 14.9 Å². The number of nitro benzene ring substituents is 1. The summed E-state index contributed by atoms with van der Waals surface area (Å²) in [5.74, 6) is 0.0433. The lowest BCUT2D eigenvalue weighted by Crippen LogP contribution is -2.26. The zero-order chi connectivity index (χ0) is 14.3. The Morgan fingerprint density at radius 2 is 2.21 bits per heavy atom. The maximum absolute atomic E-state index is 11.8. The van der Waals surface area contributed by atoms with Crippen molar-refractivity contribution in [1.29, 1.82) is 0 Å². The number of rotatable bonds is 7. The molecule has 0 aliphatic rings. The Morgan fingerprint density at radius 1 is 1.47 bits per heavy atom. The van der Waals surface area contributed by atoms with Crippen LogP contribution in [0.2, 0.25) is 0 Å². The van der Waals surface area contributed by atoms with Crippen LogP contribution in [0.1, 0.15) is 18.4 Å². The van der Waals surface area contributed by atoms with Crippen molar-refractivity contribution in [1.82, 2.24) is 10.2 Å². The number of carbonyl (C=O) groups is 1. The molecular formula is C13H19N3O3. The first-order chi connectivity index (χ1) is 9.04.